The molecule has 0 atom stereocenters. The molecule has 0 amide bonds. The van der Waals surface area contributed by atoms with Crippen LogP contribution in [0.2, 0.25) is 0 Å². The first-order valence-corrected chi connectivity index (χ1v) is 6.29. The zero-order valence-electron chi connectivity index (χ0n) is 9.45. The smallest absolute Gasteiger partial charge is 0.457 e. The fourth-order valence-electron chi connectivity index (χ4n) is 1.37. The fourth-order valence-corrected chi connectivity index (χ4v) is 1.73. The van der Waals surface area contributed by atoms with Gasteiger partial charge in [-0.15, -0.1) is 13.2 Å². The third kappa shape index (κ3) is 4.62. The van der Waals surface area contributed by atoms with Crippen molar-refractivity contribution >= 4 is 22.6 Å². The second-order valence-corrected chi connectivity index (χ2v) is 4.82. The van der Waals surface area contributed by atoms with Crippen LogP contribution in [0.25, 0.3) is 0 Å². The average molecular weight is 380 g/mol. The number of ether oxygens (including phenoxy) is 2. The third-order valence-electron chi connectivity index (χ3n) is 2.09. The fraction of sp³-hybridized carbons (Fsp3) is 0.0769. The van der Waals surface area contributed by atoms with E-state index in [4.69, 9.17) is 4.74 Å². The van der Waals surface area contributed by atoms with E-state index in [1.54, 1.807) is 18.2 Å². The van der Waals surface area contributed by atoms with E-state index in [1.165, 1.54) is 18.2 Å². The number of hydrogen-bond donors (Lipinski definition) is 0. The van der Waals surface area contributed by atoms with E-state index in [2.05, 4.69) is 27.3 Å². The van der Waals surface area contributed by atoms with Gasteiger partial charge in [-0.1, -0.05) is 6.07 Å². The van der Waals surface area contributed by atoms with Crippen molar-refractivity contribution in [1.82, 2.24) is 0 Å². The van der Waals surface area contributed by atoms with Crippen LogP contribution in [0.5, 0.6) is 17.2 Å². The Balaban J connectivity index is 2.13. The minimum atomic E-state index is -4.71. The molecule has 0 aliphatic carbocycles. The van der Waals surface area contributed by atoms with Crippen molar-refractivity contribution in [3.05, 3.63) is 52.1 Å². The zero-order chi connectivity index (χ0) is 13.9. The van der Waals surface area contributed by atoms with Crippen molar-refractivity contribution in [1.29, 1.82) is 0 Å². The maximum atomic E-state index is 12.1. The summed E-state index contributed by atoms with van der Waals surface area (Å²) < 4.78 is 46.5. The molecular formula is C13H8F3IO2. The minimum Gasteiger partial charge on any atom is -0.457 e. The van der Waals surface area contributed by atoms with Crippen molar-refractivity contribution in [3.63, 3.8) is 0 Å². The summed E-state index contributed by atoms with van der Waals surface area (Å²) in [5.41, 5.74) is 0. The normalized spacial score (nSPS) is 11.2. The quantitative estimate of drug-likeness (QED) is 0.700. The first kappa shape index (κ1) is 14.0. The Kier molecular flexibility index (Phi) is 4.18. The molecule has 2 aromatic carbocycles. The lowest BCUT2D eigenvalue weighted by Gasteiger charge is -2.10. The van der Waals surface area contributed by atoms with Crippen LogP contribution >= 0.6 is 22.6 Å². The molecular weight excluding hydrogens is 372 g/mol. The van der Waals surface area contributed by atoms with E-state index in [0.717, 1.165) is 3.57 Å². The maximum absolute atomic E-state index is 12.1. The lowest BCUT2D eigenvalue weighted by atomic mass is 10.3. The molecule has 0 radical (unpaired) electrons. The van der Waals surface area contributed by atoms with Crippen LogP contribution < -0.4 is 9.47 Å². The number of hydrogen-bond acceptors (Lipinski definition) is 2. The summed E-state index contributed by atoms with van der Waals surface area (Å²) >= 11 is 2.15. The van der Waals surface area contributed by atoms with Crippen LogP contribution in [0, 0.1) is 3.57 Å². The molecule has 0 aromatic heterocycles. The number of benzene rings is 2. The van der Waals surface area contributed by atoms with E-state index in [1.807, 2.05) is 12.1 Å². The molecule has 0 aliphatic heterocycles. The monoisotopic (exact) mass is 380 g/mol. The van der Waals surface area contributed by atoms with E-state index < -0.39 is 6.36 Å². The van der Waals surface area contributed by atoms with Crippen molar-refractivity contribution in [2.24, 2.45) is 0 Å². The van der Waals surface area contributed by atoms with Gasteiger partial charge in [-0.3, -0.25) is 0 Å². The van der Waals surface area contributed by atoms with Gasteiger partial charge < -0.3 is 9.47 Å². The molecule has 100 valence electrons. The molecule has 0 bridgehead atoms. The van der Waals surface area contributed by atoms with Gasteiger partial charge in [0.2, 0.25) is 0 Å². The Bertz CT molecular complexity index is 553. The molecule has 0 fully saturated rings. The second-order valence-electron chi connectivity index (χ2n) is 3.58. The second kappa shape index (κ2) is 5.68. The summed E-state index contributed by atoms with van der Waals surface area (Å²) in [6.45, 7) is 0. The Hall–Kier alpha value is -1.44. The van der Waals surface area contributed by atoms with Crippen LogP contribution in [0.4, 0.5) is 13.2 Å². The highest BCUT2D eigenvalue weighted by molar-refractivity contribution is 14.1. The standard InChI is InChI=1S/C13H8F3IO2/c14-13(15,16)19-12-3-1-2-11(8-12)18-10-6-4-9(17)5-7-10/h1-8H. The van der Waals surface area contributed by atoms with Gasteiger partial charge in [-0.05, 0) is 59.0 Å². The largest absolute Gasteiger partial charge is 0.573 e. The Morgan fingerprint density at radius 1 is 0.842 bits per heavy atom. The zero-order valence-corrected chi connectivity index (χ0v) is 11.6. The van der Waals surface area contributed by atoms with E-state index in [0.29, 0.717) is 5.75 Å². The highest BCUT2D eigenvalue weighted by Gasteiger charge is 2.31. The first-order valence-electron chi connectivity index (χ1n) is 5.22. The van der Waals surface area contributed by atoms with Gasteiger partial charge in [0.15, 0.2) is 0 Å². The number of rotatable bonds is 3. The summed E-state index contributed by atoms with van der Waals surface area (Å²) in [4.78, 5) is 0. The van der Waals surface area contributed by atoms with E-state index in [-0.39, 0.29) is 11.5 Å². The van der Waals surface area contributed by atoms with E-state index >= 15 is 0 Å². The molecule has 0 saturated carbocycles. The van der Waals surface area contributed by atoms with Crippen molar-refractivity contribution < 1.29 is 22.6 Å². The Morgan fingerprint density at radius 3 is 2.11 bits per heavy atom. The summed E-state index contributed by atoms with van der Waals surface area (Å²) in [6, 6.07) is 12.5. The van der Waals surface area contributed by atoms with Gasteiger partial charge in [0.1, 0.15) is 17.2 Å². The Morgan fingerprint density at radius 2 is 1.47 bits per heavy atom. The number of alkyl halides is 3. The molecule has 19 heavy (non-hydrogen) atoms. The molecule has 0 spiro atoms. The van der Waals surface area contributed by atoms with Gasteiger partial charge in [0, 0.05) is 9.64 Å². The molecule has 2 rings (SSSR count). The lowest BCUT2D eigenvalue weighted by molar-refractivity contribution is -0.274. The van der Waals surface area contributed by atoms with Gasteiger partial charge >= 0.3 is 6.36 Å². The van der Waals surface area contributed by atoms with Crippen LogP contribution in [-0.2, 0) is 0 Å². The summed E-state index contributed by atoms with van der Waals surface area (Å²) in [7, 11) is 0. The highest BCUT2D eigenvalue weighted by Crippen LogP contribution is 2.28. The van der Waals surface area contributed by atoms with E-state index in [9.17, 15) is 13.2 Å². The first-order chi connectivity index (χ1) is 8.92. The SMILES string of the molecule is FC(F)(F)Oc1cccc(Oc2ccc(I)cc2)c1. The molecule has 0 N–H and O–H groups in total. The molecule has 6 heteroatoms. The topological polar surface area (TPSA) is 18.5 Å². The van der Waals surface area contributed by atoms with Crippen molar-refractivity contribution in [2.45, 2.75) is 6.36 Å². The molecule has 0 unspecified atom stereocenters. The summed E-state index contributed by atoms with van der Waals surface area (Å²) in [5, 5.41) is 0. The molecule has 0 saturated heterocycles. The number of halogens is 4. The third-order valence-corrected chi connectivity index (χ3v) is 2.81. The van der Waals surface area contributed by atoms with Crippen molar-refractivity contribution in [3.8, 4) is 17.2 Å². The molecule has 2 aromatic rings. The van der Waals surface area contributed by atoms with Crippen LogP contribution in [0.15, 0.2) is 48.5 Å². The van der Waals surface area contributed by atoms with Gasteiger partial charge in [-0.2, -0.15) is 0 Å². The average Bonchev–Trinajstić information content (AvgIpc) is 2.30. The summed E-state index contributed by atoms with van der Waals surface area (Å²) in [5.74, 6) is 0.517. The maximum Gasteiger partial charge on any atom is 0.573 e. The van der Waals surface area contributed by atoms with Gasteiger partial charge in [-0.25, -0.2) is 0 Å². The lowest BCUT2D eigenvalue weighted by Crippen LogP contribution is -2.16. The molecule has 0 aliphatic rings. The van der Waals surface area contributed by atoms with Gasteiger partial charge in [0.05, 0.1) is 0 Å². The van der Waals surface area contributed by atoms with Gasteiger partial charge in [0.25, 0.3) is 0 Å². The van der Waals surface area contributed by atoms with Crippen LogP contribution in [0.3, 0.4) is 0 Å². The van der Waals surface area contributed by atoms with Crippen molar-refractivity contribution in [2.75, 3.05) is 0 Å². The Labute approximate surface area is 121 Å². The predicted molar refractivity (Wildman–Crippen MR) is 72.4 cm³/mol. The molecule has 0 heterocycles. The summed E-state index contributed by atoms with van der Waals surface area (Å²) in [6.07, 6.45) is -4.71. The molecule has 2 nitrogen and oxygen atoms in total. The van der Waals surface area contributed by atoms with Crippen LogP contribution in [-0.4, -0.2) is 6.36 Å². The van der Waals surface area contributed by atoms with Crippen LogP contribution in [0.1, 0.15) is 0 Å². The minimum absolute atomic E-state index is 0.281. The highest BCUT2D eigenvalue weighted by atomic mass is 127. The predicted octanol–water partition coefficient (Wildman–Crippen LogP) is 4.98.